The van der Waals surface area contributed by atoms with Gasteiger partial charge in [-0.1, -0.05) is 60.7 Å². The molecule has 1 heterocycles. The number of benzene rings is 3. The summed E-state index contributed by atoms with van der Waals surface area (Å²) in [4.78, 5) is 14.4. The molecule has 1 aliphatic heterocycles. The molecule has 5 nitrogen and oxygen atoms in total. The van der Waals surface area contributed by atoms with Crippen LogP contribution in [-0.4, -0.2) is 35.8 Å². The lowest BCUT2D eigenvalue weighted by Gasteiger charge is -2.42. The Morgan fingerprint density at radius 3 is 1.88 bits per heavy atom. The van der Waals surface area contributed by atoms with Crippen LogP contribution in [-0.2, 0) is 5.60 Å². The standard InChI is InChI=1S/C27H29NO4/c1-2-31-24-13-15-25(16-14-24)32-26(29)28-19-17-23(18-20-28)27(30,21-9-5-3-6-10-21)22-11-7-4-8-12-22/h3-16,23,30H,2,17-20H2,1H3. The van der Waals surface area contributed by atoms with Crippen molar-refractivity contribution in [1.82, 2.24) is 4.90 Å². The molecule has 3 aromatic rings. The predicted molar refractivity (Wildman–Crippen MR) is 124 cm³/mol. The molecule has 0 saturated carbocycles. The molecule has 1 aliphatic rings. The second-order valence-corrected chi connectivity index (χ2v) is 8.03. The Morgan fingerprint density at radius 1 is 0.875 bits per heavy atom. The molecule has 1 saturated heterocycles. The molecule has 0 bridgehead atoms. The van der Waals surface area contributed by atoms with Crippen molar-refractivity contribution in [2.45, 2.75) is 25.4 Å². The third-order valence-electron chi connectivity index (χ3n) is 6.11. The number of aliphatic hydroxyl groups is 1. The lowest BCUT2D eigenvalue weighted by Crippen LogP contribution is -2.46. The fraction of sp³-hybridized carbons (Fsp3) is 0.296. The van der Waals surface area contributed by atoms with E-state index in [2.05, 4.69) is 0 Å². The van der Waals surface area contributed by atoms with Crippen molar-refractivity contribution in [3.63, 3.8) is 0 Å². The largest absolute Gasteiger partial charge is 0.494 e. The van der Waals surface area contributed by atoms with E-state index in [1.165, 1.54) is 0 Å². The summed E-state index contributed by atoms with van der Waals surface area (Å²) in [5.74, 6) is 1.22. The van der Waals surface area contributed by atoms with Crippen molar-refractivity contribution in [3.05, 3.63) is 96.1 Å². The van der Waals surface area contributed by atoms with E-state index in [0.717, 1.165) is 16.9 Å². The van der Waals surface area contributed by atoms with Gasteiger partial charge < -0.3 is 19.5 Å². The van der Waals surface area contributed by atoms with E-state index in [4.69, 9.17) is 9.47 Å². The smallest absolute Gasteiger partial charge is 0.415 e. The van der Waals surface area contributed by atoms with Gasteiger partial charge in [0.05, 0.1) is 6.61 Å². The number of piperidine rings is 1. The highest BCUT2D eigenvalue weighted by atomic mass is 16.6. The molecule has 5 heteroatoms. The van der Waals surface area contributed by atoms with Crippen LogP contribution in [0.2, 0.25) is 0 Å². The van der Waals surface area contributed by atoms with Crippen molar-refractivity contribution in [2.24, 2.45) is 5.92 Å². The zero-order chi connectivity index (χ0) is 22.4. The molecule has 0 unspecified atom stereocenters. The van der Waals surface area contributed by atoms with Crippen molar-refractivity contribution in [1.29, 1.82) is 0 Å². The van der Waals surface area contributed by atoms with Gasteiger partial charge in [0.2, 0.25) is 0 Å². The molecule has 3 aromatic carbocycles. The Hall–Kier alpha value is -3.31. The monoisotopic (exact) mass is 431 g/mol. The Labute approximate surface area is 189 Å². The zero-order valence-electron chi connectivity index (χ0n) is 18.3. The lowest BCUT2D eigenvalue weighted by atomic mass is 9.72. The molecular formula is C27H29NO4. The summed E-state index contributed by atoms with van der Waals surface area (Å²) in [6.45, 7) is 3.58. The van der Waals surface area contributed by atoms with Crippen LogP contribution < -0.4 is 9.47 Å². The molecule has 1 N–H and O–H groups in total. The molecular weight excluding hydrogens is 402 g/mol. The number of amides is 1. The minimum Gasteiger partial charge on any atom is -0.494 e. The SMILES string of the molecule is CCOc1ccc(OC(=O)N2CCC(C(O)(c3ccccc3)c3ccccc3)CC2)cc1. The third kappa shape index (κ3) is 4.63. The molecule has 1 fully saturated rings. The molecule has 32 heavy (non-hydrogen) atoms. The van der Waals surface area contributed by atoms with E-state index < -0.39 is 5.60 Å². The second-order valence-electron chi connectivity index (χ2n) is 8.03. The van der Waals surface area contributed by atoms with Crippen molar-refractivity contribution in [3.8, 4) is 11.5 Å². The summed E-state index contributed by atoms with van der Waals surface area (Å²) in [5, 5.41) is 12.0. The lowest BCUT2D eigenvalue weighted by molar-refractivity contribution is -0.0115. The minimum atomic E-state index is -1.10. The van der Waals surface area contributed by atoms with Gasteiger partial charge in [-0.15, -0.1) is 0 Å². The van der Waals surface area contributed by atoms with Gasteiger partial charge in [-0.3, -0.25) is 0 Å². The normalized spacial score (nSPS) is 14.8. The Balaban J connectivity index is 1.44. The summed E-state index contributed by atoms with van der Waals surface area (Å²) >= 11 is 0. The van der Waals surface area contributed by atoms with Gasteiger partial charge >= 0.3 is 6.09 Å². The molecule has 0 spiro atoms. The highest BCUT2D eigenvalue weighted by molar-refractivity contribution is 5.70. The summed E-state index contributed by atoms with van der Waals surface area (Å²) in [6.07, 6.45) is 0.993. The van der Waals surface area contributed by atoms with Gasteiger partial charge in [-0.2, -0.15) is 0 Å². The van der Waals surface area contributed by atoms with Crippen LogP contribution in [0.3, 0.4) is 0 Å². The number of carbonyl (C=O) groups is 1. The zero-order valence-corrected chi connectivity index (χ0v) is 18.3. The maximum atomic E-state index is 12.7. The van der Waals surface area contributed by atoms with Crippen molar-refractivity contribution in [2.75, 3.05) is 19.7 Å². The van der Waals surface area contributed by atoms with Gasteiger partial charge in [0.15, 0.2) is 0 Å². The van der Waals surface area contributed by atoms with Crippen LogP contribution in [0, 0.1) is 5.92 Å². The molecule has 0 aromatic heterocycles. The number of hydrogen-bond acceptors (Lipinski definition) is 4. The molecule has 0 aliphatic carbocycles. The van der Waals surface area contributed by atoms with Crippen LogP contribution in [0.1, 0.15) is 30.9 Å². The number of nitrogens with zero attached hydrogens (tertiary/aromatic N) is 1. The van der Waals surface area contributed by atoms with Gasteiger partial charge in [-0.05, 0) is 61.1 Å². The Bertz CT molecular complexity index is 957. The maximum absolute atomic E-state index is 12.7. The van der Waals surface area contributed by atoms with Crippen LogP contribution in [0.4, 0.5) is 4.79 Å². The first-order valence-corrected chi connectivity index (χ1v) is 11.1. The first-order chi connectivity index (χ1) is 15.6. The van der Waals surface area contributed by atoms with Crippen LogP contribution in [0.25, 0.3) is 0 Å². The second kappa shape index (κ2) is 9.88. The van der Waals surface area contributed by atoms with Gasteiger partial charge in [-0.25, -0.2) is 4.79 Å². The van der Waals surface area contributed by atoms with Crippen molar-refractivity contribution >= 4 is 6.09 Å². The number of ether oxygens (including phenoxy) is 2. The van der Waals surface area contributed by atoms with Gasteiger partial charge in [0.1, 0.15) is 17.1 Å². The highest BCUT2D eigenvalue weighted by Crippen LogP contribution is 2.42. The first kappa shape index (κ1) is 21.9. The van der Waals surface area contributed by atoms with Crippen LogP contribution >= 0.6 is 0 Å². The molecule has 1 amide bonds. The molecule has 0 atom stereocenters. The summed E-state index contributed by atoms with van der Waals surface area (Å²) < 4.78 is 11.0. The third-order valence-corrected chi connectivity index (χ3v) is 6.11. The average Bonchev–Trinajstić information content (AvgIpc) is 2.86. The van der Waals surface area contributed by atoms with Gasteiger partial charge in [0, 0.05) is 13.1 Å². The topological polar surface area (TPSA) is 59.0 Å². The summed E-state index contributed by atoms with van der Waals surface area (Å²) in [6, 6.07) is 26.6. The first-order valence-electron chi connectivity index (χ1n) is 11.1. The Kier molecular flexibility index (Phi) is 6.76. The number of carbonyl (C=O) groups excluding carboxylic acids is 1. The van der Waals surface area contributed by atoms with E-state index in [0.29, 0.717) is 38.3 Å². The van der Waals surface area contributed by atoms with E-state index in [9.17, 15) is 9.90 Å². The molecule has 4 rings (SSSR count). The number of hydrogen-bond donors (Lipinski definition) is 1. The predicted octanol–water partition coefficient (Wildman–Crippen LogP) is 5.23. The van der Waals surface area contributed by atoms with E-state index in [1.807, 2.05) is 67.6 Å². The minimum absolute atomic E-state index is 0.0122. The summed E-state index contributed by atoms with van der Waals surface area (Å²) in [5.41, 5.74) is 0.649. The number of likely N-dealkylation sites (tertiary alicyclic amines) is 1. The fourth-order valence-electron chi connectivity index (χ4n) is 4.44. The van der Waals surface area contributed by atoms with Crippen LogP contribution in [0.5, 0.6) is 11.5 Å². The van der Waals surface area contributed by atoms with E-state index >= 15 is 0 Å². The fourth-order valence-corrected chi connectivity index (χ4v) is 4.44. The van der Waals surface area contributed by atoms with Crippen LogP contribution in [0.15, 0.2) is 84.9 Å². The Morgan fingerprint density at radius 2 is 1.38 bits per heavy atom. The van der Waals surface area contributed by atoms with E-state index in [1.54, 1.807) is 29.2 Å². The number of rotatable bonds is 6. The van der Waals surface area contributed by atoms with E-state index in [-0.39, 0.29) is 12.0 Å². The quantitative estimate of drug-likeness (QED) is 0.580. The summed E-state index contributed by atoms with van der Waals surface area (Å²) in [7, 11) is 0. The maximum Gasteiger partial charge on any atom is 0.415 e. The average molecular weight is 432 g/mol. The molecule has 0 radical (unpaired) electrons. The van der Waals surface area contributed by atoms with Crippen molar-refractivity contribution < 1.29 is 19.4 Å². The molecule has 166 valence electrons. The highest BCUT2D eigenvalue weighted by Gasteiger charge is 2.42. The van der Waals surface area contributed by atoms with Gasteiger partial charge in [0.25, 0.3) is 0 Å².